The highest BCUT2D eigenvalue weighted by molar-refractivity contribution is 5.76. The smallest absolute Gasteiger partial charge is 0.221 e. The molecule has 1 aliphatic heterocycles. The third-order valence-electron chi connectivity index (χ3n) is 7.23. The number of carbonyl (C=O) groups excluding carboxylic acids is 1. The molecule has 0 aromatic heterocycles. The molecule has 2 aliphatic carbocycles. The topological polar surface area (TPSA) is 32.3 Å². The number of piperidine rings is 1. The van der Waals surface area contributed by atoms with Gasteiger partial charge in [0, 0.05) is 19.0 Å². The lowest BCUT2D eigenvalue weighted by molar-refractivity contribution is -0.123. The van der Waals surface area contributed by atoms with Crippen LogP contribution in [0.25, 0.3) is 0 Å². The summed E-state index contributed by atoms with van der Waals surface area (Å²) in [6.45, 7) is 10.5. The summed E-state index contributed by atoms with van der Waals surface area (Å²) in [6.07, 6.45) is 8.47. The van der Waals surface area contributed by atoms with E-state index in [1.165, 1.54) is 51.6 Å². The van der Waals surface area contributed by atoms with Gasteiger partial charge in [0.25, 0.3) is 0 Å². The lowest BCUT2D eigenvalue weighted by atomic mass is 9.69. The monoisotopic (exact) mass is 292 g/mol. The van der Waals surface area contributed by atoms with E-state index in [1.54, 1.807) is 0 Å². The number of nitrogens with zero attached hydrogens (tertiary/aromatic N) is 1. The maximum absolute atomic E-state index is 12.3. The van der Waals surface area contributed by atoms with Crippen molar-refractivity contribution in [2.75, 3.05) is 19.6 Å². The Balaban J connectivity index is 1.49. The summed E-state index contributed by atoms with van der Waals surface area (Å²) in [6, 6.07) is 0.403. The average molecular weight is 292 g/mol. The second kappa shape index (κ2) is 5.57. The fourth-order valence-electron chi connectivity index (χ4n) is 5.13. The Morgan fingerprint density at radius 3 is 2.48 bits per heavy atom. The van der Waals surface area contributed by atoms with E-state index in [9.17, 15) is 4.79 Å². The van der Waals surface area contributed by atoms with Gasteiger partial charge >= 0.3 is 0 Å². The second-order valence-electron chi connectivity index (χ2n) is 8.38. The maximum atomic E-state index is 12.3. The average Bonchev–Trinajstić information content (AvgIpc) is 2.79. The Morgan fingerprint density at radius 2 is 1.90 bits per heavy atom. The first kappa shape index (κ1) is 15.3. The van der Waals surface area contributed by atoms with Crippen molar-refractivity contribution >= 4 is 5.91 Å². The fraction of sp³-hybridized carbons (Fsp3) is 0.944. The summed E-state index contributed by atoms with van der Waals surface area (Å²) in [5.74, 6) is 1.07. The third kappa shape index (κ3) is 2.62. The molecule has 3 rings (SSSR count). The molecule has 2 saturated carbocycles. The summed E-state index contributed by atoms with van der Waals surface area (Å²) < 4.78 is 0. The summed E-state index contributed by atoms with van der Waals surface area (Å²) >= 11 is 0. The molecule has 0 aromatic carbocycles. The zero-order chi connectivity index (χ0) is 15.1. The normalized spacial score (nSPS) is 38.6. The molecule has 21 heavy (non-hydrogen) atoms. The summed E-state index contributed by atoms with van der Waals surface area (Å²) in [5, 5.41) is 3.38. The van der Waals surface area contributed by atoms with E-state index in [1.807, 2.05) is 0 Å². The van der Waals surface area contributed by atoms with Crippen molar-refractivity contribution in [3.8, 4) is 0 Å². The number of nitrogens with one attached hydrogen (secondary N) is 1. The molecule has 1 N–H and O–H groups in total. The van der Waals surface area contributed by atoms with Crippen LogP contribution in [0.15, 0.2) is 0 Å². The van der Waals surface area contributed by atoms with Gasteiger partial charge in [-0.25, -0.2) is 0 Å². The lowest BCUT2D eigenvalue weighted by Crippen LogP contribution is -2.47. The molecule has 3 fully saturated rings. The van der Waals surface area contributed by atoms with Crippen LogP contribution in [0.5, 0.6) is 0 Å². The first-order valence-electron chi connectivity index (χ1n) is 8.95. The van der Waals surface area contributed by atoms with Gasteiger partial charge in [-0.3, -0.25) is 4.79 Å². The molecule has 120 valence electrons. The van der Waals surface area contributed by atoms with Crippen molar-refractivity contribution in [3.63, 3.8) is 0 Å². The molecule has 1 heterocycles. The third-order valence-corrected chi connectivity index (χ3v) is 7.23. The van der Waals surface area contributed by atoms with Crippen molar-refractivity contribution in [1.29, 1.82) is 0 Å². The molecular weight excluding hydrogens is 260 g/mol. The van der Waals surface area contributed by atoms with Crippen LogP contribution < -0.4 is 5.32 Å². The van der Waals surface area contributed by atoms with E-state index >= 15 is 0 Å². The van der Waals surface area contributed by atoms with Gasteiger partial charge in [-0.2, -0.15) is 0 Å². The molecular formula is C18H32N2O. The Bertz CT molecular complexity index is 400. The molecule has 0 aromatic rings. The van der Waals surface area contributed by atoms with Crippen LogP contribution in [0, 0.1) is 16.7 Å². The number of fused-ring (bicyclic) bond motifs is 2. The van der Waals surface area contributed by atoms with Crippen LogP contribution in [0.4, 0.5) is 0 Å². The highest BCUT2D eigenvalue weighted by atomic mass is 16.1. The number of carbonyl (C=O) groups is 1. The molecule has 3 heteroatoms. The first-order valence-corrected chi connectivity index (χ1v) is 8.95. The quantitative estimate of drug-likeness (QED) is 0.863. The SMILES string of the molecule is CC1(C)[C@H]2CC[C@]1(C)[C@H](NC(=O)CCN1CCCCC1)C2. The molecule has 3 nitrogen and oxygen atoms in total. The maximum Gasteiger partial charge on any atom is 0.221 e. The highest BCUT2D eigenvalue weighted by Gasteiger charge is 2.61. The Kier molecular flexibility index (Phi) is 4.06. The molecule has 0 unspecified atom stereocenters. The summed E-state index contributed by atoms with van der Waals surface area (Å²) in [4.78, 5) is 14.8. The van der Waals surface area contributed by atoms with Crippen LogP contribution in [0.3, 0.4) is 0 Å². The van der Waals surface area contributed by atoms with Gasteiger partial charge in [0.05, 0.1) is 0 Å². The van der Waals surface area contributed by atoms with Crippen LogP contribution >= 0.6 is 0 Å². The van der Waals surface area contributed by atoms with Crippen molar-refractivity contribution in [2.24, 2.45) is 16.7 Å². The fourth-order valence-corrected chi connectivity index (χ4v) is 5.13. The summed E-state index contributed by atoms with van der Waals surface area (Å²) in [7, 11) is 0. The predicted octanol–water partition coefficient (Wildman–Crippen LogP) is 3.19. The molecule has 1 saturated heterocycles. The minimum atomic E-state index is 0.273. The Morgan fingerprint density at radius 1 is 1.19 bits per heavy atom. The van der Waals surface area contributed by atoms with E-state index in [2.05, 4.69) is 31.0 Å². The van der Waals surface area contributed by atoms with Crippen molar-refractivity contribution in [1.82, 2.24) is 10.2 Å². The minimum absolute atomic E-state index is 0.273. The Labute approximate surface area is 129 Å². The van der Waals surface area contributed by atoms with Gasteiger partial charge in [0.2, 0.25) is 5.91 Å². The number of hydrogen-bond donors (Lipinski definition) is 1. The second-order valence-corrected chi connectivity index (χ2v) is 8.38. The minimum Gasteiger partial charge on any atom is -0.353 e. The van der Waals surface area contributed by atoms with E-state index in [0.717, 1.165) is 12.5 Å². The molecule has 0 spiro atoms. The summed E-state index contributed by atoms with van der Waals surface area (Å²) in [5.41, 5.74) is 0.691. The van der Waals surface area contributed by atoms with Crippen LogP contribution in [0.2, 0.25) is 0 Å². The molecule has 1 amide bonds. The van der Waals surface area contributed by atoms with Crippen molar-refractivity contribution < 1.29 is 4.79 Å². The first-order chi connectivity index (χ1) is 9.93. The van der Waals surface area contributed by atoms with Crippen LogP contribution in [-0.4, -0.2) is 36.5 Å². The zero-order valence-corrected chi connectivity index (χ0v) is 14.1. The molecule has 0 radical (unpaired) electrons. The zero-order valence-electron chi connectivity index (χ0n) is 14.1. The van der Waals surface area contributed by atoms with Gasteiger partial charge < -0.3 is 10.2 Å². The molecule has 3 atom stereocenters. The number of likely N-dealkylation sites (tertiary alicyclic amines) is 1. The van der Waals surface area contributed by atoms with Crippen LogP contribution in [-0.2, 0) is 4.79 Å². The van der Waals surface area contributed by atoms with Gasteiger partial charge in [-0.05, 0) is 61.9 Å². The van der Waals surface area contributed by atoms with E-state index in [0.29, 0.717) is 23.3 Å². The van der Waals surface area contributed by atoms with E-state index < -0.39 is 0 Å². The lowest BCUT2D eigenvalue weighted by Gasteiger charge is -2.39. The standard InChI is InChI=1S/C18H32N2O/c1-17(2)14-7-9-18(17,3)15(13-14)19-16(21)8-12-20-10-5-4-6-11-20/h14-15H,4-13H2,1-3H3,(H,19,21)/t14-,15+,18+/m0/s1. The van der Waals surface area contributed by atoms with E-state index in [4.69, 9.17) is 0 Å². The van der Waals surface area contributed by atoms with Crippen molar-refractivity contribution in [2.45, 2.75) is 71.8 Å². The van der Waals surface area contributed by atoms with Gasteiger partial charge in [-0.15, -0.1) is 0 Å². The van der Waals surface area contributed by atoms with E-state index in [-0.39, 0.29) is 5.91 Å². The molecule has 2 bridgehead atoms. The van der Waals surface area contributed by atoms with Crippen molar-refractivity contribution in [3.05, 3.63) is 0 Å². The molecule has 3 aliphatic rings. The largest absolute Gasteiger partial charge is 0.353 e. The van der Waals surface area contributed by atoms with Crippen LogP contribution in [0.1, 0.15) is 65.7 Å². The predicted molar refractivity (Wildman–Crippen MR) is 86.1 cm³/mol. The highest BCUT2D eigenvalue weighted by Crippen LogP contribution is 2.65. The Hall–Kier alpha value is -0.570. The number of hydrogen-bond acceptors (Lipinski definition) is 2. The number of rotatable bonds is 4. The van der Waals surface area contributed by atoms with Gasteiger partial charge in [0.15, 0.2) is 0 Å². The van der Waals surface area contributed by atoms with Gasteiger partial charge in [-0.1, -0.05) is 27.2 Å². The number of amides is 1. The van der Waals surface area contributed by atoms with Gasteiger partial charge in [0.1, 0.15) is 0 Å².